The summed E-state index contributed by atoms with van der Waals surface area (Å²) in [5, 5.41) is 15.2. The van der Waals surface area contributed by atoms with Crippen molar-refractivity contribution in [2.45, 2.75) is 65.5 Å². The van der Waals surface area contributed by atoms with Crippen molar-refractivity contribution in [2.24, 2.45) is 11.3 Å². The van der Waals surface area contributed by atoms with Gasteiger partial charge < -0.3 is 5.11 Å². The van der Waals surface area contributed by atoms with Crippen LogP contribution in [0.2, 0.25) is 0 Å². The maximum Gasteiger partial charge on any atom is 0.0696 e. The molecule has 1 aromatic heterocycles. The van der Waals surface area contributed by atoms with Crippen molar-refractivity contribution >= 4 is 0 Å². The number of aliphatic hydroxyl groups is 1. The van der Waals surface area contributed by atoms with Crippen LogP contribution in [0.3, 0.4) is 0 Å². The third kappa shape index (κ3) is 3.14. The summed E-state index contributed by atoms with van der Waals surface area (Å²) < 4.78 is 1.93. The van der Waals surface area contributed by atoms with E-state index < -0.39 is 5.60 Å². The molecule has 1 N–H and O–H groups in total. The predicted molar refractivity (Wildman–Crippen MR) is 73.4 cm³/mol. The van der Waals surface area contributed by atoms with E-state index in [0.29, 0.717) is 5.92 Å². The summed E-state index contributed by atoms with van der Waals surface area (Å²) in [7, 11) is 0. The van der Waals surface area contributed by atoms with E-state index in [9.17, 15) is 5.11 Å². The molecule has 1 fully saturated rings. The third-order valence-electron chi connectivity index (χ3n) is 3.98. The molecule has 102 valence electrons. The van der Waals surface area contributed by atoms with Crippen LogP contribution in [0.5, 0.6) is 0 Å². The summed E-state index contributed by atoms with van der Waals surface area (Å²) in [6.07, 6.45) is 7.71. The summed E-state index contributed by atoms with van der Waals surface area (Å²) in [4.78, 5) is 0. The zero-order valence-electron chi connectivity index (χ0n) is 12.1. The highest BCUT2D eigenvalue weighted by Gasteiger charge is 2.41. The molecule has 1 aliphatic carbocycles. The van der Waals surface area contributed by atoms with Crippen molar-refractivity contribution in [2.75, 3.05) is 0 Å². The Balaban J connectivity index is 2.10. The van der Waals surface area contributed by atoms with Crippen LogP contribution in [-0.4, -0.2) is 20.5 Å². The van der Waals surface area contributed by atoms with Crippen molar-refractivity contribution in [3.05, 3.63) is 18.0 Å². The van der Waals surface area contributed by atoms with Crippen LogP contribution in [0.1, 0.15) is 52.5 Å². The Morgan fingerprint density at radius 2 is 2.17 bits per heavy atom. The fourth-order valence-electron chi connectivity index (χ4n) is 3.88. The Morgan fingerprint density at radius 3 is 2.72 bits per heavy atom. The van der Waals surface area contributed by atoms with Crippen molar-refractivity contribution < 1.29 is 5.11 Å². The molecular formula is C15H26N2O. The maximum absolute atomic E-state index is 10.9. The fraction of sp³-hybridized carbons (Fsp3) is 0.800. The second-order valence-corrected chi connectivity index (χ2v) is 6.96. The summed E-state index contributed by atoms with van der Waals surface area (Å²) in [6, 6.07) is 0. The van der Waals surface area contributed by atoms with E-state index in [1.807, 2.05) is 10.9 Å². The van der Waals surface area contributed by atoms with Gasteiger partial charge in [0.2, 0.25) is 0 Å². The lowest BCUT2D eigenvalue weighted by molar-refractivity contribution is -0.0574. The van der Waals surface area contributed by atoms with Gasteiger partial charge in [-0.05, 0) is 43.1 Å². The molecular weight excluding hydrogens is 224 g/mol. The van der Waals surface area contributed by atoms with E-state index >= 15 is 0 Å². The summed E-state index contributed by atoms with van der Waals surface area (Å²) in [5.41, 5.74) is 0.847. The number of aryl methyl sites for hydroxylation is 1. The second-order valence-electron chi connectivity index (χ2n) is 6.96. The third-order valence-corrected chi connectivity index (χ3v) is 3.98. The van der Waals surface area contributed by atoms with Gasteiger partial charge in [0.1, 0.15) is 0 Å². The Bertz CT molecular complexity index is 410. The van der Waals surface area contributed by atoms with Crippen molar-refractivity contribution in [3.8, 4) is 0 Å². The first-order valence-corrected chi connectivity index (χ1v) is 7.06. The van der Waals surface area contributed by atoms with Gasteiger partial charge in [-0.2, -0.15) is 5.10 Å². The van der Waals surface area contributed by atoms with Gasteiger partial charge in [0.05, 0.1) is 11.8 Å². The number of hydrogen-bond donors (Lipinski definition) is 1. The Morgan fingerprint density at radius 1 is 1.44 bits per heavy atom. The number of nitrogens with zero attached hydrogens (tertiary/aromatic N) is 2. The predicted octanol–water partition coefficient (Wildman–Crippen LogP) is 3.02. The average Bonchev–Trinajstić information content (AvgIpc) is 2.60. The topological polar surface area (TPSA) is 38.0 Å². The lowest BCUT2D eigenvalue weighted by atomic mass is 9.64. The first-order chi connectivity index (χ1) is 8.32. The van der Waals surface area contributed by atoms with Gasteiger partial charge in [0, 0.05) is 19.2 Å². The van der Waals surface area contributed by atoms with E-state index in [1.54, 1.807) is 0 Å². The van der Waals surface area contributed by atoms with Crippen LogP contribution < -0.4 is 0 Å². The van der Waals surface area contributed by atoms with E-state index in [0.717, 1.165) is 31.4 Å². The summed E-state index contributed by atoms with van der Waals surface area (Å²) in [6.45, 7) is 9.76. The molecule has 0 saturated heterocycles. The molecule has 2 atom stereocenters. The average molecular weight is 250 g/mol. The zero-order valence-corrected chi connectivity index (χ0v) is 12.1. The van der Waals surface area contributed by atoms with Crippen LogP contribution in [0.15, 0.2) is 12.4 Å². The fourth-order valence-corrected chi connectivity index (χ4v) is 3.88. The molecule has 0 spiro atoms. The standard InChI is InChI=1S/C15H26N2O/c1-5-17-10-13(9-16-17)8-15(18)7-12(2)6-14(3,4)11-15/h9-10,12,18H,5-8,11H2,1-4H3. The number of rotatable bonds is 3. The molecule has 1 aliphatic rings. The second kappa shape index (κ2) is 4.69. The van der Waals surface area contributed by atoms with Crippen molar-refractivity contribution in [1.82, 2.24) is 9.78 Å². The first-order valence-electron chi connectivity index (χ1n) is 7.06. The molecule has 2 unspecified atom stereocenters. The smallest absolute Gasteiger partial charge is 0.0696 e. The van der Waals surface area contributed by atoms with Crippen LogP contribution in [0, 0.1) is 11.3 Å². The summed E-state index contributed by atoms with van der Waals surface area (Å²) >= 11 is 0. The molecule has 0 aliphatic heterocycles. The molecule has 0 amide bonds. The number of aromatic nitrogens is 2. The molecule has 1 saturated carbocycles. The minimum Gasteiger partial charge on any atom is -0.390 e. The van der Waals surface area contributed by atoms with Gasteiger partial charge in [-0.15, -0.1) is 0 Å². The number of hydrogen-bond acceptors (Lipinski definition) is 2. The Kier molecular flexibility index (Phi) is 3.54. The molecule has 1 aromatic rings. The highest BCUT2D eigenvalue weighted by Crippen LogP contribution is 2.45. The van der Waals surface area contributed by atoms with Crippen LogP contribution in [0.4, 0.5) is 0 Å². The Labute approximate surface area is 110 Å². The minimum atomic E-state index is -0.553. The Hall–Kier alpha value is -0.830. The van der Waals surface area contributed by atoms with E-state index in [1.165, 1.54) is 6.42 Å². The molecule has 3 heteroatoms. The largest absolute Gasteiger partial charge is 0.390 e. The van der Waals surface area contributed by atoms with Gasteiger partial charge in [-0.25, -0.2) is 0 Å². The molecule has 0 aromatic carbocycles. The highest BCUT2D eigenvalue weighted by molar-refractivity contribution is 5.10. The van der Waals surface area contributed by atoms with Gasteiger partial charge in [-0.1, -0.05) is 20.8 Å². The minimum absolute atomic E-state index is 0.243. The maximum atomic E-state index is 10.9. The van der Waals surface area contributed by atoms with Crippen LogP contribution >= 0.6 is 0 Å². The highest BCUT2D eigenvalue weighted by atomic mass is 16.3. The van der Waals surface area contributed by atoms with E-state index in [4.69, 9.17) is 0 Å². The molecule has 2 rings (SSSR count). The van der Waals surface area contributed by atoms with Gasteiger partial charge in [0.15, 0.2) is 0 Å². The molecule has 3 nitrogen and oxygen atoms in total. The molecule has 0 bridgehead atoms. The van der Waals surface area contributed by atoms with Crippen molar-refractivity contribution in [3.63, 3.8) is 0 Å². The van der Waals surface area contributed by atoms with Crippen molar-refractivity contribution in [1.29, 1.82) is 0 Å². The van der Waals surface area contributed by atoms with E-state index in [-0.39, 0.29) is 5.41 Å². The normalized spacial score (nSPS) is 31.5. The lowest BCUT2D eigenvalue weighted by Gasteiger charge is -2.44. The van der Waals surface area contributed by atoms with Gasteiger partial charge in [0.25, 0.3) is 0 Å². The quantitative estimate of drug-likeness (QED) is 0.895. The molecule has 0 radical (unpaired) electrons. The van der Waals surface area contributed by atoms with Crippen LogP contribution in [-0.2, 0) is 13.0 Å². The SMILES string of the molecule is CCn1cc(CC2(O)CC(C)CC(C)(C)C2)cn1. The molecule has 18 heavy (non-hydrogen) atoms. The monoisotopic (exact) mass is 250 g/mol. The summed E-state index contributed by atoms with van der Waals surface area (Å²) in [5.74, 6) is 0.597. The zero-order chi connectivity index (χ0) is 13.4. The van der Waals surface area contributed by atoms with Crippen LogP contribution in [0.25, 0.3) is 0 Å². The molecule has 1 heterocycles. The first kappa shape index (κ1) is 13.6. The van der Waals surface area contributed by atoms with E-state index in [2.05, 4.69) is 39.0 Å². The van der Waals surface area contributed by atoms with Gasteiger partial charge in [-0.3, -0.25) is 4.68 Å². The van der Waals surface area contributed by atoms with Gasteiger partial charge >= 0.3 is 0 Å². The lowest BCUT2D eigenvalue weighted by Crippen LogP contribution is -2.43.